The van der Waals surface area contributed by atoms with Gasteiger partial charge in [0.2, 0.25) is 0 Å². The van der Waals surface area contributed by atoms with Crippen LogP contribution in [-0.2, 0) is 20.0 Å². The van der Waals surface area contributed by atoms with Crippen LogP contribution in [0, 0.1) is 12.8 Å². The average molecular weight is 290 g/mol. The summed E-state index contributed by atoms with van der Waals surface area (Å²) < 4.78 is 3.96. The van der Waals surface area contributed by atoms with Crippen LogP contribution in [0.3, 0.4) is 0 Å². The summed E-state index contributed by atoms with van der Waals surface area (Å²) in [5.74, 6) is 1.58. The van der Waals surface area contributed by atoms with Gasteiger partial charge in [0.1, 0.15) is 12.2 Å². The lowest BCUT2D eigenvalue weighted by Gasteiger charge is -2.18. The van der Waals surface area contributed by atoms with E-state index >= 15 is 0 Å². The zero-order valence-electron chi connectivity index (χ0n) is 13.7. The molecule has 6 heteroatoms. The molecule has 21 heavy (non-hydrogen) atoms. The monoisotopic (exact) mass is 290 g/mol. The lowest BCUT2D eigenvalue weighted by atomic mass is 10.1. The second-order valence-electron chi connectivity index (χ2n) is 5.90. The molecule has 0 amide bonds. The van der Waals surface area contributed by atoms with Crippen molar-refractivity contribution in [1.29, 1.82) is 0 Å². The maximum Gasteiger partial charge on any atom is 0.138 e. The molecule has 0 radical (unpaired) electrons. The van der Waals surface area contributed by atoms with Gasteiger partial charge in [-0.1, -0.05) is 20.8 Å². The van der Waals surface area contributed by atoms with Crippen molar-refractivity contribution in [3.8, 4) is 0 Å². The van der Waals surface area contributed by atoms with Crippen LogP contribution in [0.5, 0.6) is 0 Å². The summed E-state index contributed by atoms with van der Waals surface area (Å²) >= 11 is 0. The molecule has 2 rings (SSSR count). The third kappa shape index (κ3) is 3.91. The SMILES string of the molecule is CCNC(Cc1ncnn1CC(C)C)c1cc(C)nn1C. The summed E-state index contributed by atoms with van der Waals surface area (Å²) in [6.07, 6.45) is 2.47. The van der Waals surface area contributed by atoms with Crippen LogP contribution in [0.15, 0.2) is 12.4 Å². The van der Waals surface area contributed by atoms with Crippen LogP contribution in [0.4, 0.5) is 0 Å². The van der Waals surface area contributed by atoms with Gasteiger partial charge in [0.25, 0.3) is 0 Å². The highest BCUT2D eigenvalue weighted by molar-refractivity contribution is 5.14. The third-order valence-corrected chi connectivity index (χ3v) is 3.47. The summed E-state index contributed by atoms with van der Waals surface area (Å²) in [6.45, 7) is 10.3. The molecule has 1 atom stereocenters. The molecule has 1 N–H and O–H groups in total. The number of hydrogen-bond acceptors (Lipinski definition) is 4. The highest BCUT2D eigenvalue weighted by Gasteiger charge is 2.19. The minimum Gasteiger partial charge on any atom is -0.309 e. The molecule has 1 unspecified atom stereocenters. The summed E-state index contributed by atoms with van der Waals surface area (Å²) in [7, 11) is 1.99. The van der Waals surface area contributed by atoms with Crippen LogP contribution in [0.2, 0.25) is 0 Å². The van der Waals surface area contributed by atoms with E-state index in [4.69, 9.17) is 0 Å². The number of aryl methyl sites for hydroxylation is 2. The first-order chi connectivity index (χ1) is 10.0. The van der Waals surface area contributed by atoms with Gasteiger partial charge in [0, 0.05) is 20.0 Å². The lowest BCUT2D eigenvalue weighted by Crippen LogP contribution is -2.26. The molecule has 6 nitrogen and oxygen atoms in total. The molecule has 2 aromatic rings. The maximum absolute atomic E-state index is 4.45. The second kappa shape index (κ2) is 6.85. The number of nitrogens with one attached hydrogen (secondary N) is 1. The first kappa shape index (κ1) is 15.7. The van der Waals surface area contributed by atoms with Gasteiger partial charge in [0.15, 0.2) is 0 Å². The van der Waals surface area contributed by atoms with E-state index < -0.39 is 0 Å². The Kier molecular flexibility index (Phi) is 5.12. The first-order valence-corrected chi connectivity index (χ1v) is 7.61. The maximum atomic E-state index is 4.45. The fraction of sp³-hybridized carbons (Fsp3) is 0.667. The summed E-state index contributed by atoms with van der Waals surface area (Å²) in [4.78, 5) is 4.44. The van der Waals surface area contributed by atoms with Gasteiger partial charge >= 0.3 is 0 Å². The highest BCUT2D eigenvalue weighted by Crippen LogP contribution is 2.18. The second-order valence-corrected chi connectivity index (χ2v) is 5.90. The van der Waals surface area contributed by atoms with Crippen molar-refractivity contribution in [2.45, 2.75) is 46.7 Å². The lowest BCUT2D eigenvalue weighted by molar-refractivity contribution is 0.438. The fourth-order valence-corrected chi connectivity index (χ4v) is 2.61. The van der Waals surface area contributed by atoms with Crippen LogP contribution in [0.25, 0.3) is 0 Å². The van der Waals surface area contributed by atoms with E-state index in [1.807, 2.05) is 23.3 Å². The molecule has 0 aliphatic heterocycles. The molecular weight excluding hydrogens is 264 g/mol. The minimum atomic E-state index is 0.205. The van der Waals surface area contributed by atoms with Gasteiger partial charge in [0.05, 0.1) is 17.4 Å². The largest absolute Gasteiger partial charge is 0.309 e. The molecule has 0 saturated carbocycles. The quantitative estimate of drug-likeness (QED) is 0.845. The average Bonchev–Trinajstić information content (AvgIpc) is 2.95. The normalized spacial score (nSPS) is 13.0. The molecule has 0 spiro atoms. The van der Waals surface area contributed by atoms with Crippen molar-refractivity contribution < 1.29 is 0 Å². The van der Waals surface area contributed by atoms with E-state index in [0.717, 1.165) is 31.0 Å². The Bertz CT molecular complexity index is 568. The molecule has 2 aromatic heterocycles. The van der Waals surface area contributed by atoms with Crippen molar-refractivity contribution in [3.63, 3.8) is 0 Å². The molecule has 0 aromatic carbocycles. The van der Waals surface area contributed by atoms with Crippen molar-refractivity contribution in [3.05, 3.63) is 29.6 Å². The van der Waals surface area contributed by atoms with Crippen molar-refractivity contribution in [1.82, 2.24) is 29.9 Å². The zero-order valence-corrected chi connectivity index (χ0v) is 13.7. The summed E-state index contributed by atoms with van der Waals surface area (Å²) in [6, 6.07) is 2.34. The molecule has 116 valence electrons. The van der Waals surface area contributed by atoms with Gasteiger partial charge in [-0.3, -0.25) is 4.68 Å². The number of nitrogens with zero attached hydrogens (tertiary/aromatic N) is 5. The van der Waals surface area contributed by atoms with E-state index in [0.29, 0.717) is 5.92 Å². The Labute approximate surface area is 126 Å². The van der Waals surface area contributed by atoms with Crippen LogP contribution in [0.1, 0.15) is 44.0 Å². The number of hydrogen-bond donors (Lipinski definition) is 1. The Hall–Kier alpha value is -1.69. The molecule has 0 aliphatic rings. The van der Waals surface area contributed by atoms with E-state index in [-0.39, 0.29) is 6.04 Å². The molecule has 0 saturated heterocycles. The van der Waals surface area contributed by atoms with Crippen LogP contribution < -0.4 is 5.32 Å². The predicted octanol–water partition coefficient (Wildman–Crippen LogP) is 1.87. The molecular formula is C15H26N6. The van der Waals surface area contributed by atoms with Crippen LogP contribution in [-0.4, -0.2) is 31.1 Å². The Morgan fingerprint density at radius 1 is 1.33 bits per heavy atom. The number of rotatable bonds is 7. The molecule has 0 bridgehead atoms. The Balaban J connectivity index is 2.20. The van der Waals surface area contributed by atoms with Gasteiger partial charge in [-0.15, -0.1) is 0 Å². The minimum absolute atomic E-state index is 0.205. The topological polar surface area (TPSA) is 60.6 Å². The molecule has 0 aliphatic carbocycles. The van der Waals surface area contributed by atoms with Crippen molar-refractivity contribution in [2.24, 2.45) is 13.0 Å². The summed E-state index contributed by atoms with van der Waals surface area (Å²) in [5.41, 5.74) is 2.23. The van der Waals surface area contributed by atoms with E-state index in [1.54, 1.807) is 6.33 Å². The molecule has 0 fully saturated rings. The first-order valence-electron chi connectivity index (χ1n) is 7.61. The number of likely N-dealkylation sites (N-methyl/N-ethyl adjacent to an activating group) is 1. The highest BCUT2D eigenvalue weighted by atomic mass is 15.3. The van der Waals surface area contributed by atoms with Gasteiger partial charge < -0.3 is 5.32 Å². The van der Waals surface area contributed by atoms with Crippen molar-refractivity contribution in [2.75, 3.05) is 6.54 Å². The summed E-state index contributed by atoms with van der Waals surface area (Å²) in [5, 5.41) is 12.3. The third-order valence-electron chi connectivity index (χ3n) is 3.47. The van der Waals surface area contributed by atoms with Gasteiger partial charge in [-0.25, -0.2) is 9.67 Å². The molecule has 2 heterocycles. The smallest absolute Gasteiger partial charge is 0.138 e. The predicted molar refractivity (Wildman–Crippen MR) is 82.9 cm³/mol. The van der Waals surface area contributed by atoms with E-state index in [9.17, 15) is 0 Å². The van der Waals surface area contributed by atoms with Crippen LogP contribution >= 0.6 is 0 Å². The number of aromatic nitrogens is 5. The van der Waals surface area contributed by atoms with Gasteiger partial charge in [-0.2, -0.15) is 10.2 Å². The zero-order chi connectivity index (χ0) is 15.4. The Morgan fingerprint density at radius 2 is 2.10 bits per heavy atom. The van der Waals surface area contributed by atoms with E-state index in [1.165, 1.54) is 5.69 Å². The van der Waals surface area contributed by atoms with E-state index in [2.05, 4.69) is 47.3 Å². The van der Waals surface area contributed by atoms with Crippen molar-refractivity contribution >= 4 is 0 Å². The standard InChI is InChI=1S/C15H26N6/c1-6-16-13(14-7-12(4)19-20(14)5)8-15-17-10-18-21(15)9-11(2)3/h7,10-11,13,16H,6,8-9H2,1-5H3. The Morgan fingerprint density at radius 3 is 2.67 bits per heavy atom. The van der Waals surface area contributed by atoms with Gasteiger partial charge in [-0.05, 0) is 25.5 Å². The fourth-order valence-electron chi connectivity index (χ4n) is 2.61.